The highest BCUT2D eigenvalue weighted by Gasteiger charge is 2.35. The molecule has 0 heterocycles. The second-order valence-electron chi connectivity index (χ2n) is 20.2. The SMILES string of the molecule is COC(=O)c1c(C)c(C)c(OC(=O)c2c(C)c(C)c(OC(=O)c3c(C)cc(O)c(Cc4c(C)c(C(=O)Oc5c(C)c(C)c(C(=O)Oc6c(C)c(C)c(C(=O)O)c(OC)c6C)c(OC)c5C)c(O)c(C)c4O)c3O)c(C)c2OC)c(C)c1OC. The number of carboxylic acids is 1. The summed E-state index contributed by atoms with van der Waals surface area (Å²) in [6.45, 7) is 23.3. The summed E-state index contributed by atoms with van der Waals surface area (Å²) in [5, 5.41) is 56.3. The molecule has 0 radical (unpaired) electrons. The Morgan fingerprint density at radius 3 is 0.976 bits per heavy atom. The van der Waals surface area contributed by atoms with E-state index in [1.165, 1.54) is 69.3 Å². The minimum Gasteiger partial charge on any atom is -0.508 e. The molecular formula is C63H68O20. The van der Waals surface area contributed by atoms with Crippen LogP contribution >= 0.6 is 0 Å². The van der Waals surface area contributed by atoms with Gasteiger partial charge in [-0.1, -0.05) is 0 Å². The maximum absolute atomic E-state index is 14.4. The quantitative estimate of drug-likeness (QED) is 0.0444. The molecule has 83 heavy (non-hydrogen) atoms. The number of carbonyl (C=O) groups excluding carboxylic acids is 5. The van der Waals surface area contributed by atoms with Crippen LogP contribution in [0, 0.1) is 104 Å². The number of aromatic hydroxyl groups is 4. The van der Waals surface area contributed by atoms with Crippen LogP contribution in [0.2, 0.25) is 0 Å². The zero-order valence-electron chi connectivity index (χ0n) is 50.1. The first kappa shape index (κ1) is 62.7. The summed E-state index contributed by atoms with van der Waals surface area (Å²) in [6, 6.07) is 1.21. The number of methoxy groups -OCH3 is 5. The standard InChI is InChI=1S/C63H68O20/c1-23-21-40(64)39(49(67)41(23)60(71)80-51-30(8)26(4)45(56(77-18)36(51)14)63(74)83-53-29(7)25(3)44(59(70)79-20)55(76-17)35(53)13)22-38-32(10)42(48(66)33(11)47(38)65)61(72)81-52-31(9)27(5)46(57(78-19)37(52)15)62(73)82-50-28(6)24(2)43(58(68)69)54(75-16)34(50)12/h21,64-67H,22H2,1-20H3,(H,68,69). The molecule has 0 aliphatic carbocycles. The number of benzene rings is 6. The third-order valence-electron chi connectivity index (χ3n) is 15.8. The number of phenolic OH excluding ortho intramolecular Hbond substituents is 4. The molecule has 6 aromatic carbocycles. The highest BCUT2D eigenvalue weighted by Crippen LogP contribution is 2.47. The van der Waals surface area contributed by atoms with Crippen molar-refractivity contribution in [3.05, 3.63) is 134 Å². The lowest BCUT2D eigenvalue weighted by atomic mass is 9.90. The van der Waals surface area contributed by atoms with Gasteiger partial charge in [-0.2, -0.15) is 0 Å². The lowest BCUT2D eigenvalue weighted by Crippen LogP contribution is -2.19. The van der Waals surface area contributed by atoms with Crippen LogP contribution in [-0.2, 0) is 11.2 Å². The number of rotatable bonds is 16. The average molecular weight is 1150 g/mol. The molecule has 0 atom stereocenters. The Hall–Kier alpha value is -9.46. The Morgan fingerprint density at radius 2 is 0.639 bits per heavy atom. The number of ether oxygens (including phenoxy) is 9. The van der Waals surface area contributed by atoms with Crippen LogP contribution in [0.25, 0.3) is 0 Å². The normalized spacial score (nSPS) is 11.0. The van der Waals surface area contributed by atoms with Crippen molar-refractivity contribution in [3.63, 3.8) is 0 Å². The fraction of sp³-hybridized carbons (Fsp3) is 0.333. The van der Waals surface area contributed by atoms with E-state index >= 15 is 0 Å². The third kappa shape index (κ3) is 10.6. The second-order valence-corrected chi connectivity index (χ2v) is 20.2. The molecule has 0 unspecified atom stereocenters. The first-order valence-electron chi connectivity index (χ1n) is 25.8. The number of phenols is 4. The minimum absolute atomic E-state index is 0.00331. The smallest absolute Gasteiger partial charge is 0.347 e. The Morgan fingerprint density at radius 1 is 0.325 bits per heavy atom. The molecule has 6 rings (SSSR count). The summed E-state index contributed by atoms with van der Waals surface area (Å²) in [5.41, 5.74) is 2.72. The van der Waals surface area contributed by atoms with Gasteiger partial charge in [0.15, 0.2) is 0 Å². The zero-order valence-corrected chi connectivity index (χ0v) is 50.1. The van der Waals surface area contributed by atoms with Gasteiger partial charge < -0.3 is 68.2 Å². The molecule has 0 bridgehead atoms. The summed E-state index contributed by atoms with van der Waals surface area (Å²) in [5.74, 6) is -7.83. The molecule has 0 aliphatic heterocycles. The molecule has 5 N–H and O–H groups in total. The summed E-state index contributed by atoms with van der Waals surface area (Å²) in [6.07, 6.45) is -0.514. The van der Waals surface area contributed by atoms with Crippen molar-refractivity contribution in [1.82, 2.24) is 0 Å². The van der Waals surface area contributed by atoms with Gasteiger partial charge in [-0.15, -0.1) is 0 Å². The number of carboxylic acid groups (broad SMARTS) is 1. The lowest BCUT2D eigenvalue weighted by molar-refractivity contribution is 0.0593. The molecule has 0 saturated heterocycles. The van der Waals surface area contributed by atoms with Crippen molar-refractivity contribution in [1.29, 1.82) is 0 Å². The van der Waals surface area contributed by atoms with Gasteiger partial charge in [0.05, 0.1) is 35.5 Å². The van der Waals surface area contributed by atoms with Gasteiger partial charge in [0.25, 0.3) is 0 Å². The van der Waals surface area contributed by atoms with Crippen LogP contribution in [0.1, 0.15) is 157 Å². The Kier molecular flexibility index (Phi) is 18.1. The molecule has 0 aromatic heterocycles. The van der Waals surface area contributed by atoms with E-state index in [1.54, 1.807) is 76.2 Å². The van der Waals surface area contributed by atoms with Crippen molar-refractivity contribution >= 4 is 35.8 Å². The number of hydrogen-bond acceptors (Lipinski definition) is 19. The lowest BCUT2D eigenvalue weighted by Gasteiger charge is -2.23. The summed E-state index contributed by atoms with van der Waals surface area (Å²) in [4.78, 5) is 82.1. The largest absolute Gasteiger partial charge is 0.508 e. The van der Waals surface area contributed by atoms with Crippen molar-refractivity contribution in [2.24, 2.45) is 0 Å². The van der Waals surface area contributed by atoms with Crippen LogP contribution in [-0.4, -0.2) is 96.9 Å². The van der Waals surface area contributed by atoms with E-state index in [0.29, 0.717) is 44.5 Å². The van der Waals surface area contributed by atoms with Crippen LogP contribution in [0.3, 0.4) is 0 Å². The Balaban J connectivity index is 1.35. The van der Waals surface area contributed by atoms with E-state index in [2.05, 4.69) is 0 Å². The molecule has 0 saturated carbocycles. The van der Waals surface area contributed by atoms with E-state index in [0.717, 1.165) is 0 Å². The van der Waals surface area contributed by atoms with Gasteiger partial charge in [-0.3, -0.25) is 0 Å². The van der Waals surface area contributed by atoms with Crippen molar-refractivity contribution in [2.75, 3.05) is 35.5 Å². The van der Waals surface area contributed by atoms with E-state index in [9.17, 15) is 54.3 Å². The van der Waals surface area contributed by atoms with Gasteiger partial charge in [0.1, 0.15) is 102 Å². The number of hydrogen-bond donors (Lipinski definition) is 5. The van der Waals surface area contributed by atoms with Crippen molar-refractivity contribution in [3.8, 4) is 69.0 Å². The molecule has 0 aliphatic rings. The second kappa shape index (κ2) is 23.9. The first-order valence-corrected chi connectivity index (χ1v) is 25.8. The van der Waals surface area contributed by atoms with Gasteiger partial charge in [-0.05, 0) is 166 Å². The summed E-state index contributed by atoms with van der Waals surface area (Å²) >= 11 is 0. The average Bonchev–Trinajstić information content (AvgIpc) is 3.60. The molecule has 440 valence electrons. The van der Waals surface area contributed by atoms with Gasteiger partial charge in [0, 0.05) is 45.4 Å². The maximum Gasteiger partial charge on any atom is 0.347 e. The molecule has 0 fully saturated rings. The molecule has 0 spiro atoms. The Bertz CT molecular complexity index is 3800. The molecule has 6 aromatic rings. The van der Waals surface area contributed by atoms with Gasteiger partial charge in [-0.25, -0.2) is 28.8 Å². The summed E-state index contributed by atoms with van der Waals surface area (Å²) in [7, 11) is 6.54. The Labute approximate surface area is 480 Å². The molecule has 0 amide bonds. The molecule has 20 nitrogen and oxygen atoms in total. The number of aryl methyl sites for hydroxylation is 1. The highest BCUT2D eigenvalue weighted by atomic mass is 16.6. The van der Waals surface area contributed by atoms with Crippen LogP contribution in [0.4, 0.5) is 0 Å². The van der Waals surface area contributed by atoms with Crippen LogP contribution in [0.15, 0.2) is 6.07 Å². The van der Waals surface area contributed by atoms with E-state index < -0.39 is 70.8 Å². The predicted octanol–water partition coefficient (Wildman–Crippen LogP) is 11.1. The monoisotopic (exact) mass is 1140 g/mol. The van der Waals surface area contributed by atoms with Crippen LogP contribution < -0.4 is 37.9 Å². The third-order valence-corrected chi connectivity index (χ3v) is 15.8. The fourth-order valence-electron chi connectivity index (χ4n) is 10.6. The van der Waals surface area contributed by atoms with Crippen LogP contribution in [0.5, 0.6) is 69.0 Å². The van der Waals surface area contributed by atoms with Crippen molar-refractivity contribution < 1.29 is 96.9 Å². The number of aromatic carboxylic acids is 1. The zero-order chi connectivity index (χ0) is 62.4. The number of esters is 5. The van der Waals surface area contributed by atoms with Crippen molar-refractivity contribution in [2.45, 2.75) is 110 Å². The van der Waals surface area contributed by atoms with E-state index in [4.69, 9.17) is 42.6 Å². The van der Waals surface area contributed by atoms with E-state index in [1.807, 2.05) is 0 Å². The maximum atomic E-state index is 14.4. The molecular weight excluding hydrogens is 1080 g/mol. The molecule has 20 heteroatoms. The summed E-state index contributed by atoms with van der Waals surface area (Å²) < 4.78 is 51.5. The minimum atomic E-state index is -1.22. The topological polar surface area (TPSA) is 287 Å². The first-order chi connectivity index (χ1) is 38.8. The predicted molar refractivity (Wildman–Crippen MR) is 304 cm³/mol. The van der Waals surface area contributed by atoms with Gasteiger partial charge >= 0.3 is 35.8 Å². The number of carbonyl (C=O) groups is 6. The van der Waals surface area contributed by atoms with Gasteiger partial charge in [0.2, 0.25) is 0 Å². The highest BCUT2D eigenvalue weighted by molar-refractivity contribution is 6.03. The van der Waals surface area contributed by atoms with E-state index in [-0.39, 0.29) is 124 Å². The fourth-order valence-corrected chi connectivity index (χ4v) is 10.6.